The summed E-state index contributed by atoms with van der Waals surface area (Å²) >= 11 is 3.31. The van der Waals surface area contributed by atoms with E-state index in [1.807, 2.05) is 13.0 Å². The summed E-state index contributed by atoms with van der Waals surface area (Å²) in [6.07, 6.45) is 2.35. The number of rotatable bonds is 4. The van der Waals surface area contributed by atoms with E-state index in [4.69, 9.17) is 5.84 Å². The number of benzene rings is 1. The maximum absolute atomic E-state index is 12.2. The van der Waals surface area contributed by atoms with Gasteiger partial charge in [0.05, 0.1) is 18.1 Å². The topological polar surface area (TPSA) is 110 Å². The van der Waals surface area contributed by atoms with Crippen molar-refractivity contribution in [2.75, 3.05) is 10.1 Å². The number of nitrogens with zero attached hydrogens (tertiary/aromatic N) is 2. The van der Waals surface area contributed by atoms with Crippen molar-refractivity contribution in [2.45, 2.75) is 11.8 Å². The van der Waals surface area contributed by atoms with Gasteiger partial charge in [0, 0.05) is 4.47 Å². The van der Waals surface area contributed by atoms with Gasteiger partial charge in [0.25, 0.3) is 10.0 Å². The number of halogens is 1. The largest absolute Gasteiger partial charge is 0.292 e. The Kier molecular flexibility index (Phi) is 4.21. The number of anilines is 2. The Morgan fingerprint density at radius 2 is 1.85 bits per heavy atom. The second-order valence-corrected chi connectivity index (χ2v) is 6.61. The molecular weight excluding hydrogens is 346 g/mol. The van der Waals surface area contributed by atoms with Gasteiger partial charge in [-0.25, -0.2) is 24.2 Å². The van der Waals surface area contributed by atoms with E-state index in [2.05, 4.69) is 36.0 Å². The molecule has 1 aromatic heterocycles. The Morgan fingerprint density at radius 3 is 2.40 bits per heavy atom. The molecule has 0 atom stereocenters. The molecule has 2 rings (SSSR count). The van der Waals surface area contributed by atoms with E-state index in [0.29, 0.717) is 5.69 Å². The molecule has 0 saturated carbocycles. The Morgan fingerprint density at radius 1 is 1.20 bits per heavy atom. The normalized spacial score (nSPS) is 11.2. The van der Waals surface area contributed by atoms with Gasteiger partial charge in [0.15, 0.2) is 0 Å². The summed E-state index contributed by atoms with van der Waals surface area (Å²) in [4.78, 5) is 7.48. The van der Waals surface area contributed by atoms with E-state index < -0.39 is 10.0 Å². The molecule has 7 nitrogen and oxygen atoms in total. The van der Waals surface area contributed by atoms with E-state index in [-0.39, 0.29) is 10.8 Å². The molecule has 4 N–H and O–H groups in total. The molecule has 0 bridgehead atoms. The zero-order valence-corrected chi connectivity index (χ0v) is 12.9. The summed E-state index contributed by atoms with van der Waals surface area (Å²) in [5.41, 5.74) is 3.61. The summed E-state index contributed by atoms with van der Waals surface area (Å²) in [7, 11) is -3.74. The smallest absolute Gasteiger partial charge is 0.264 e. The number of hydrogen-bond donors (Lipinski definition) is 3. The first kappa shape index (κ1) is 14.7. The Labute approximate surface area is 124 Å². The van der Waals surface area contributed by atoms with Crippen LogP contribution in [-0.2, 0) is 10.0 Å². The molecule has 1 aromatic carbocycles. The van der Waals surface area contributed by atoms with Crippen LogP contribution < -0.4 is 16.0 Å². The SMILES string of the molecule is Cc1cc(Br)cc(NS(=O)(=O)c2cnc(NN)nc2)c1. The maximum atomic E-state index is 12.2. The molecule has 0 aliphatic rings. The van der Waals surface area contributed by atoms with Gasteiger partial charge >= 0.3 is 0 Å². The third-order valence-electron chi connectivity index (χ3n) is 2.36. The second kappa shape index (κ2) is 5.73. The highest BCUT2D eigenvalue weighted by atomic mass is 79.9. The van der Waals surface area contributed by atoms with Crippen LogP contribution in [0.3, 0.4) is 0 Å². The van der Waals surface area contributed by atoms with Gasteiger partial charge < -0.3 is 0 Å². The minimum atomic E-state index is -3.74. The Bertz CT molecular complexity index is 698. The van der Waals surface area contributed by atoms with Crippen LogP contribution in [-0.4, -0.2) is 18.4 Å². The highest BCUT2D eigenvalue weighted by Gasteiger charge is 2.15. The fraction of sp³-hybridized carbons (Fsp3) is 0.0909. The van der Waals surface area contributed by atoms with Crippen molar-refractivity contribution in [1.29, 1.82) is 0 Å². The van der Waals surface area contributed by atoms with E-state index in [1.54, 1.807) is 12.1 Å². The van der Waals surface area contributed by atoms with Gasteiger partial charge in [-0.15, -0.1) is 0 Å². The minimum absolute atomic E-state index is 0.0471. The summed E-state index contributed by atoms with van der Waals surface area (Å²) in [6, 6.07) is 5.27. The van der Waals surface area contributed by atoms with Crippen LogP contribution in [0.1, 0.15) is 5.56 Å². The summed E-state index contributed by atoms with van der Waals surface area (Å²) < 4.78 is 27.6. The number of hydrazine groups is 1. The van der Waals surface area contributed by atoms with Crippen LogP contribution in [0, 0.1) is 6.92 Å². The first-order chi connectivity index (χ1) is 9.40. The van der Waals surface area contributed by atoms with Gasteiger partial charge in [-0.05, 0) is 30.7 Å². The first-order valence-corrected chi connectivity index (χ1v) is 7.77. The maximum Gasteiger partial charge on any atom is 0.264 e. The molecule has 0 radical (unpaired) electrons. The summed E-state index contributed by atoms with van der Waals surface area (Å²) in [5, 5.41) is 0. The van der Waals surface area contributed by atoms with Crippen molar-refractivity contribution >= 4 is 37.6 Å². The Hall–Kier alpha value is -1.71. The molecule has 1 heterocycles. The quantitative estimate of drug-likeness (QED) is 0.566. The molecule has 0 unspecified atom stereocenters. The number of hydrogen-bond acceptors (Lipinski definition) is 6. The highest BCUT2D eigenvalue weighted by Crippen LogP contribution is 2.21. The van der Waals surface area contributed by atoms with Gasteiger partial charge in [-0.2, -0.15) is 0 Å². The lowest BCUT2D eigenvalue weighted by molar-refractivity contribution is 0.600. The summed E-state index contributed by atoms with van der Waals surface area (Å²) in [5.74, 6) is 5.26. The third-order valence-corrected chi connectivity index (χ3v) is 4.16. The van der Waals surface area contributed by atoms with E-state index in [0.717, 1.165) is 10.0 Å². The van der Waals surface area contributed by atoms with Gasteiger partial charge in [-0.1, -0.05) is 15.9 Å². The Balaban J connectivity index is 2.30. The average Bonchev–Trinajstić information content (AvgIpc) is 2.37. The molecule has 0 aliphatic carbocycles. The number of sulfonamides is 1. The predicted molar refractivity (Wildman–Crippen MR) is 79.5 cm³/mol. The van der Waals surface area contributed by atoms with Crippen LogP contribution in [0.5, 0.6) is 0 Å². The molecule has 2 aromatic rings. The molecule has 0 spiro atoms. The molecule has 106 valence electrons. The summed E-state index contributed by atoms with van der Waals surface area (Å²) in [6.45, 7) is 1.87. The first-order valence-electron chi connectivity index (χ1n) is 5.49. The van der Waals surface area contributed by atoms with E-state index in [1.165, 1.54) is 12.4 Å². The van der Waals surface area contributed by atoms with Crippen molar-refractivity contribution in [3.63, 3.8) is 0 Å². The van der Waals surface area contributed by atoms with E-state index >= 15 is 0 Å². The van der Waals surface area contributed by atoms with Crippen molar-refractivity contribution in [3.8, 4) is 0 Å². The van der Waals surface area contributed by atoms with Crippen molar-refractivity contribution in [1.82, 2.24) is 9.97 Å². The molecule has 0 saturated heterocycles. The van der Waals surface area contributed by atoms with Gasteiger partial charge in [0.1, 0.15) is 4.90 Å². The molecule has 0 aliphatic heterocycles. The number of nitrogens with one attached hydrogen (secondary N) is 2. The lowest BCUT2D eigenvalue weighted by atomic mass is 10.2. The predicted octanol–water partition coefficient (Wildman–Crippen LogP) is 1.63. The van der Waals surface area contributed by atoms with Crippen LogP contribution in [0.25, 0.3) is 0 Å². The molecular formula is C11H12BrN5O2S. The molecule has 20 heavy (non-hydrogen) atoms. The van der Waals surface area contributed by atoms with Crippen LogP contribution in [0.2, 0.25) is 0 Å². The number of nitrogens with two attached hydrogens (primary N) is 1. The van der Waals surface area contributed by atoms with Crippen LogP contribution >= 0.6 is 15.9 Å². The second-order valence-electron chi connectivity index (χ2n) is 4.01. The fourth-order valence-corrected chi connectivity index (χ4v) is 3.08. The third kappa shape index (κ3) is 3.44. The monoisotopic (exact) mass is 357 g/mol. The van der Waals surface area contributed by atoms with Gasteiger partial charge in [-0.3, -0.25) is 10.1 Å². The average molecular weight is 358 g/mol. The van der Waals surface area contributed by atoms with Crippen molar-refractivity contribution < 1.29 is 8.42 Å². The zero-order chi connectivity index (χ0) is 14.8. The van der Waals surface area contributed by atoms with Crippen molar-refractivity contribution in [3.05, 3.63) is 40.6 Å². The minimum Gasteiger partial charge on any atom is -0.292 e. The molecule has 0 fully saturated rings. The highest BCUT2D eigenvalue weighted by molar-refractivity contribution is 9.10. The van der Waals surface area contributed by atoms with Gasteiger partial charge in [0.2, 0.25) is 5.95 Å². The molecule has 9 heteroatoms. The van der Waals surface area contributed by atoms with Crippen LogP contribution in [0.15, 0.2) is 40.0 Å². The van der Waals surface area contributed by atoms with Crippen molar-refractivity contribution in [2.24, 2.45) is 5.84 Å². The van der Waals surface area contributed by atoms with E-state index in [9.17, 15) is 8.42 Å². The zero-order valence-electron chi connectivity index (χ0n) is 10.5. The lowest BCUT2D eigenvalue weighted by Gasteiger charge is -2.09. The standard InChI is InChI=1S/C11H12BrN5O2S/c1-7-2-8(12)4-9(3-7)17-20(18,19)10-5-14-11(16-13)15-6-10/h2-6,17H,13H2,1H3,(H,14,15,16). The number of aromatic nitrogens is 2. The van der Waals surface area contributed by atoms with Crippen LogP contribution in [0.4, 0.5) is 11.6 Å². The number of aryl methyl sites for hydroxylation is 1. The number of nitrogen functional groups attached to an aromatic ring is 1. The molecule has 0 amide bonds. The fourth-order valence-electron chi connectivity index (χ4n) is 1.54. The lowest BCUT2D eigenvalue weighted by Crippen LogP contribution is -2.15.